The van der Waals surface area contributed by atoms with Crippen molar-refractivity contribution in [2.75, 3.05) is 44.1 Å². The van der Waals surface area contributed by atoms with E-state index in [1.54, 1.807) is 25.4 Å². The molecule has 0 atom stereocenters. The van der Waals surface area contributed by atoms with Crippen LogP contribution in [0.1, 0.15) is 58.4 Å². The van der Waals surface area contributed by atoms with Crippen molar-refractivity contribution in [2.24, 2.45) is 0 Å². The molecular weight excluding hydrogens is 546 g/mol. The maximum atomic E-state index is 12.8. The van der Waals surface area contributed by atoms with E-state index >= 15 is 0 Å². The van der Waals surface area contributed by atoms with E-state index in [1.165, 1.54) is 5.57 Å². The molecule has 0 unspecified atom stereocenters. The highest BCUT2D eigenvalue weighted by molar-refractivity contribution is 5.95. The number of carbonyl (C=O) groups excluding carboxylic acids is 1. The summed E-state index contributed by atoms with van der Waals surface area (Å²) in [6.45, 7) is 9.53. The number of hydrogen-bond acceptors (Lipinski definition) is 9. The van der Waals surface area contributed by atoms with Gasteiger partial charge >= 0.3 is 6.09 Å². The molecule has 0 bridgehead atoms. The van der Waals surface area contributed by atoms with Gasteiger partial charge in [-0.2, -0.15) is 0 Å². The lowest BCUT2D eigenvalue weighted by Crippen LogP contribution is -2.49. The number of benzene rings is 2. The summed E-state index contributed by atoms with van der Waals surface area (Å²) in [5.41, 5.74) is 3.93. The number of amides is 1. The van der Waals surface area contributed by atoms with E-state index in [-0.39, 0.29) is 6.09 Å². The van der Waals surface area contributed by atoms with Crippen molar-refractivity contribution in [3.8, 4) is 11.5 Å². The van der Waals surface area contributed by atoms with Crippen LogP contribution in [0.25, 0.3) is 10.9 Å². The molecule has 3 fully saturated rings. The average molecular weight is 588 g/mol. The first-order valence-corrected chi connectivity index (χ1v) is 15.0. The molecule has 1 aliphatic carbocycles. The van der Waals surface area contributed by atoms with Gasteiger partial charge in [0.15, 0.2) is 5.88 Å². The summed E-state index contributed by atoms with van der Waals surface area (Å²) in [7, 11) is 3.36. The lowest BCUT2D eigenvalue weighted by atomic mass is 9.91. The molecule has 2 saturated heterocycles. The highest BCUT2D eigenvalue weighted by atomic mass is 16.6. The number of aromatic nitrogens is 2. The lowest BCUT2D eigenvalue weighted by Gasteiger charge is -2.38. The number of fused-ring (bicyclic) bond motifs is 1. The SMILES string of the molecule is COc1cc2ncnc(Nc3cccc(C)c3OC)c2cc1N1CC2(CCN(C(=O)OC(C)(C)C)CC2)OC1=C1CCC1. The number of para-hydroxylation sites is 1. The number of nitrogens with zero attached hydrogens (tertiary/aromatic N) is 4. The maximum Gasteiger partial charge on any atom is 0.410 e. The lowest BCUT2D eigenvalue weighted by molar-refractivity contribution is -0.0250. The van der Waals surface area contributed by atoms with Gasteiger partial charge in [0.25, 0.3) is 0 Å². The Hall–Kier alpha value is -4.21. The topological polar surface area (TPSA) is 98.3 Å². The number of allylic oxidation sites excluding steroid dienone is 1. The second-order valence-corrected chi connectivity index (χ2v) is 12.6. The molecule has 6 rings (SSSR count). The van der Waals surface area contributed by atoms with Gasteiger partial charge in [-0.1, -0.05) is 12.1 Å². The summed E-state index contributed by atoms with van der Waals surface area (Å²) in [4.78, 5) is 26.0. The van der Waals surface area contributed by atoms with Gasteiger partial charge in [-0.15, -0.1) is 0 Å². The van der Waals surface area contributed by atoms with Crippen LogP contribution in [0, 0.1) is 6.92 Å². The molecule has 10 nitrogen and oxygen atoms in total. The molecule has 228 valence electrons. The van der Waals surface area contributed by atoms with E-state index in [2.05, 4.69) is 26.3 Å². The number of hydrogen-bond donors (Lipinski definition) is 1. The Morgan fingerprint density at radius 2 is 1.84 bits per heavy atom. The highest BCUT2D eigenvalue weighted by Crippen LogP contribution is 2.47. The second kappa shape index (κ2) is 11.1. The number of nitrogens with one attached hydrogen (secondary N) is 1. The number of methoxy groups -OCH3 is 2. The normalized spacial score (nSPS) is 18.0. The minimum Gasteiger partial charge on any atom is -0.494 e. The molecule has 3 heterocycles. The molecule has 1 N–H and O–H groups in total. The fraction of sp³-hybridized carbons (Fsp3) is 0.485. The molecular formula is C33H41N5O5. The Labute approximate surface area is 253 Å². The number of rotatable bonds is 5. The van der Waals surface area contributed by atoms with Gasteiger partial charge < -0.3 is 34.1 Å². The first kappa shape index (κ1) is 28.9. The molecule has 43 heavy (non-hydrogen) atoms. The number of piperidine rings is 1. The van der Waals surface area contributed by atoms with Crippen molar-refractivity contribution in [1.29, 1.82) is 0 Å². The molecule has 1 amide bonds. The van der Waals surface area contributed by atoms with Crippen LogP contribution in [0.3, 0.4) is 0 Å². The zero-order valence-electron chi connectivity index (χ0n) is 26.0. The summed E-state index contributed by atoms with van der Waals surface area (Å²) in [5.74, 6) is 3.08. The molecule has 2 aliphatic heterocycles. The second-order valence-electron chi connectivity index (χ2n) is 12.6. The van der Waals surface area contributed by atoms with E-state index < -0.39 is 11.2 Å². The van der Waals surface area contributed by atoms with Gasteiger partial charge in [0.05, 0.1) is 37.7 Å². The molecule has 3 aromatic rings. The monoisotopic (exact) mass is 587 g/mol. The van der Waals surface area contributed by atoms with Crippen molar-refractivity contribution in [1.82, 2.24) is 14.9 Å². The molecule has 1 aromatic heterocycles. The van der Waals surface area contributed by atoms with Crippen LogP contribution in [-0.4, -0.2) is 66.0 Å². The molecule has 3 aliphatic rings. The van der Waals surface area contributed by atoms with Crippen LogP contribution in [0.5, 0.6) is 11.5 Å². The largest absolute Gasteiger partial charge is 0.494 e. The summed E-state index contributed by atoms with van der Waals surface area (Å²) in [6, 6.07) is 10.0. The van der Waals surface area contributed by atoms with Gasteiger partial charge in [-0.3, -0.25) is 0 Å². The van der Waals surface area contributed by atoms with Crippen LogP contribution in [0.4, 0.5) is 22.0 Å². The predicted octanol–water partition coefficient (Wildman–Crippen LogP) is 6.70. The van der Waals surface area contributed by atoms with Crippen LogP contribution < -0.4 is 19.7 Å². The third kappa shape index (κ3) is 5.62. The van der Waals surface area contributed by atoms with Gasteiger partial charge in [-0.05, 0) is 70.2 Å². The number of likely N-dealkylation sites (tertiary alicyclic amines) is 1. The number of ether oxygens (including phenoxy) is 4. The predicted molar refractivity (Wildman–Crippen MR) is 166 cm³/mol. The molecule has 1 spiro atoms. The van der Waals surface area contributed by atoms with Crippen molar-refractivity contribution < 1.29 is 23.7 Å². The maximum absolute atomic E-state index is 12.8. The van der Waals surface area contributed by atoms with Crippen molar-refractivity contribution in [3.63, 3.8) is 0 Å². The van der Waals surface area contributed by atoms with Crippen molar-refractivity contribution >= 4 is 34.2 Å². The zero-order chi connectivity index (χ0) is 30.4. The Kier molecular flexibility index (Phi) is 7.48. The third-order valence-corrected chi connectivity index (χ3v) is 8.49. The van der Waals surface area contributed by atoms with Gasteiger partial charge in [0.1, 0.15) is 34.8 Å². The Bertz CT molecular complexity index is 1570. The van der Waals surface area contributed by atoms with Gasteiger partial charge in [0.2, 0.25) is 0 Å². The fourth-order valence-electron chi connectivity index (χ4n) is 6.06. The Morgan fingerprint density at radius 3 is 2.49 bits per heavy atom. The summed E-state index contributed by atoms with van der Waals surface area (Å²) < 4.78 is 24.1. The van der Waals surface area contributed by atoms with Crippen LogP contribution >= 0.6 is 0 Å². The van der Waals surface area contributed by atoms with Crippen molar-refractivity contribution in [2.45, 2.75) is 71.0 Å². The minimum absolute atomic E-state index is 0.267. The number of aryl methyl sites for hydroxylation is 1. The quantitative estimate of drug-likeness (QED) is 0.350. The van der Waals surface area contributed by atoms with E-state index in [9.17, 15) is 4.79 Å². The van der Waals surface area contributed by atoms with E-state index in [0.717, 1.165) is 77.3 Å². The van der Waals surface area contributed by atoms with Crippen LogP contribution in [-0.2, 0) is 9.47 Å². The van der Waals surface area contributed by atoms with E-state index in [4.69, 9.17) is 18.9 Å². The summed E-state index contributed by atoms with van der Waals surface area (Å²) in [5, 5.41) is 4.34. The summed E-state index contributed by atoms with van der Waals surface area (Å²) >= 11 is 0. The van der Waals surface area contributed by atoms with Gasteiger partial charge in [-0.25, -0.2) is 14.8 Å². The first-order chi connectivity index (χ1) is 20.6. The van der Waals surface area contributed by atoms with Crippen LogP contribution in [0.15, 0.2) is 48.1 Å². The van der Waals surface area contributed by atoms with E-state index in [0.29, 0.717) is 25.5 Å². The fourth-order valence-corrected chi connectivity index (χ4v) is 6.06. The molecule has 0 radical (unpaired) electrons. The first-order valence-electron chi connectivity index (χ1n) is 15.0. The molecule has 1 saturated carbocycles. The molecule has 10 heteroatoms. The summed E-state index contributed by atoms with van der Waals surface area (Å²) in [6.07, 6.45) is 5.92. The van der Waals surface area contributed by atoms with Crippen molar-refractivity contribution in [3.05, 3.63) is 53.7 Å². The number of anilines is 3. The minimum atomic E-state index is -0.525. The van der Waals surface area contributed by atoms with Gasteiger partial charge in [0, 0.05) is 37.4 Å². The highest BCUT2D eigenvalue weighted by Gasteiger charge is 2.48. The standard InChI is InChI=1S/C33H41N5O5/c1-21-9-7-12-24(28(21)41-6)36-29-23-17-26(27(40-5)18-25(23)34-20-35-29)38-19-33(42-30(38)22-10-8-11-22)13-15-37(16-14-33)31(39)43-32(2,3)4/h7,9,12,17-18,20H,8,10-11,13-16,19H2,1-6H3,(H,34,35,36). The Balaban J connectivity index is 1.34. The number of carbonyl (C=O) groups is 1. The van der Waals surface area contributed by atoms with E-state index in [1.807, 2.05) is 52.0 Å². The Morgan fingerprint density at radius 1 is 1.07 bits per heavy atom. The zero-order valence-corrected chi connectivity index (χ0v) is 26.0. The third-order valence-electron chi connectivity index (χ3n) is 8.49. The van der Waals surface area contributed by atoms with Crippen LogP contribution in [0.2, 0.25) is 0 Å². The molecule has 2 aromatic carbocycles. The average Bonchev–Trinajstić information content (AvgIpc) is 3.28. The smallest absolute Gasteiger partial charge is 0.410 e.